The summed E-state index contributed by atoms with van der Waals surface area (Å²) in [5.41, 5.74) is 1.04. The molecule has 0 spiro atoms. The fraction of sp³-hybridized carbons (Fsp3) is 0.308. The van der Waals surface area contributed by atoms with Crippen LogP contribution in [0.4, 0.5) is 0 Å². The fourth-order valence-electron chi connectivity index (χ4n) is 1.60. The zero-order valence-electron chi connectivity index (χ0n) is 9.03. The maximum Gasteiger partial charge on any atom is 0.131 e. The Labute approximate surface area is 104 Å². The highest BCUT2D eigenvalue weighted by Gasteiger charge is 2.03. The number of allylic oxidation sites excluding steroid dienone is 2. The Hall–Kier alpha value is -1.09. The summed E-state index contributed by atoms with van der Waals surface area (Å²) in [5, 5.41) is 3.99. The van der Waals surface area contributed by atoms with Crippen molar-refractivity contribution in [3.63, 3.8) is 0 Å². The van der Waals surface area contributed by atoms with Crippen LogP contribution < -0.4 is 0 Å². The van der Waals surface area contributed by atoms with E-state index in [-0.39, 0.29) is 0 Å². The quantitative estimate of drug-likeness (QED) is 0.599. The number of nitrogens with zero attached hydrogens (tertiary/aromatic N) is 1. The molecule has 1 aromatic carbocycles. The molecule has 0 fully saturated rings. The van der Waals surface area contributed by atoms with Crippen LogP contribution in [0.3, 0.4) is 0 Å². The lowest BCUT2D eigenvalue weighted by Gasteiger charge is -2.08. The molecular weight excluding hydrogens is 266 g/mol. The molecule has 0 bridgehead atoms. The lowest BCUT2D eigenvalue weighted by atomic mass is 10.1. The first kappa shape index (κ1) is 11.4. The second-order valence-electron chi connectivity index (χ2n) is 3.79. The lowest BCUT2D eigenvalue weighted by molar-refractivity contribution is 0.210. The molecule has 2 rings (SSSR count). The van der Waals surface area contributed by atoms with Crippen LogP contribution in [0.5, 0.6) is 0 Å². The van der Waals surface area contributed by atoms with Gasteiger partial charge in [-0.05, 0) is 43.0 Å². The van der Waals surface area contributed by atoms with Crippen molar-refractivity contribution in [2.75, 3.05) is 0 Å². The molecule has 1 aliphatic rings. The van der Waals surface area contributed by atoms with Gasteiger partial charge >= 0.3 is 0 Å². The van der Waals surface area contributed by atoms with Crippen molar-refractivity contribution in [3.05, 3.63) is 46.1 Å². The second kappa shape index (κ2) is 5.85. The molecule has 0 heterocycles. The van der Waals surface area contributed by atoms with E-state index in [9.17, 15) is 0 Å². The molecule has 0 aromatic heterocycles. The molecule has 3 heteroatoms. The summed E-state index contributed by atoms with van der Waals surface area (Å²) in [6, 6.07) is 7.96. The Bertz CT molecular complexity index is 395. The Morgan fingerprint density at radius 1 is 1.19 bits per heavy atom. The molecule has 1 aromatic rings. The minimum absolute atomic E-state index is 1.000. The third-order valence-corrected chi connectivity index (χ3v) is 3.02. The van der Waals surface area contributed by atoms with Gasteiger partial charge in [-0.15, -0.1) is 0 Å². The molecule has 16 heavy (non-hydrogen) atoms. The predicted octanol–water partition coefficient (Wildman–Crippen LogP) is 4.26. The lowest BCUT2D eigenvalue weighted by Crippen LogP contribution is -1.93. The van der Waals surface area contributed by atoms with Gasteiger partial charge in [0.15, 0.2) is 0 Å². The maximum absolute atomic E-state index is 5.34. The minimum atomic E-state index is 1.000. The molecule has 0 saturated heterocycles. The van der Waals surface area contributed by atoms with Crippen LogP contribution in [0.1, 0.15) is 31.2 Å². The molecule has 2 nitrogen and oxygen atoms in total. The molecule has 0 radical (unpaired) electrons. The van der Waals surface area contributed by atoms with Gasteiger partial charge in [-0.25, -0.2) is 0 Å². The Morgan fingerprint density at radius 3 is 2.69 bits per heavy atom. The van der Waals surface area contributed by atoms with Crippen molar-refractivity contribution in [1.29, 1.82) is 0 Å². The molecule has 84 valence electrons. The average Bonchev–Trinajstić information content (AvgIpc) is 2.33. The standard InChI is InChI=1S/C13H14BrNO/c14-12-8-6-11(7-9-12)10-15-16-13-4-2-1-3-5-13/h4,6-10H,1-3,5H2. The summed E-state index contributed by atoms with van der Waals surface area (Å²) >= 11 is 3.39. The largest absolute Gasteiger partial charge is 0.362 e. The topological polar surface area (TPSA) is 21.6 Å². The Kier molecular flexibility index (Phi) is 4.17. The minimum Gasteiger partial charge on any atom is -0.362 e. The van der Waals surface area contributed by atoms with Crippen molar-refractivity contribution in [2.24, 2.45) is 5.16 Å². The smallest absolute Gasteiger partial charge is 0.131 e. The first-order valence-corrected chi connectivity index (χ1v) is 6.29. The fourth-order valence-corrected chi connectivity index (χ4v) is 1.86. The average molecular weight is 280 g/mol. The van der Waals surface area contributed by atoms with E-state index in [1.807, 2.05) is 24.3 Å². The summed E-state index contributed by atoms with van der Waals surface area (Å²) in [6.07, 6.45) is 8.47. The van der Waals surface area contributed by atoms with Crippen molar-refractivity contribution < 1.29 is 4.84 Å². The van der Waals surface area contributed by atoms with E-state index in [0.29, 0.717) is 0 Å². The number of benzene rings is 1. The molecule has 0 saturated carbocycles. The summed E-state index contributed by atoms with van der Waals surface area (Å²) in [7, 11) is 0. The number of hydrogen-bond acceptors (Lipinski definition) is 2. The van der Waals surface area contributed by atoms with Crippen LogP contribution in [0, 0.1) is 0 Å². The number of halogens is 1. The van der Waals surface area contributed by atoms with Crippen molar-refractivity contribution in [1.82, 2.24) is 0 Å². The van der Waals surface area contributed by atoms with Gasteiger partial charge in [-0.3, -0.25) is 0 Å². The summed E-state index contributed by atoms with van der Waals surface area (Å²) < 4.78 is 1.07. The third-order valence-electron chi connectivity index (χ3n) is 2.49. The van der Waals surface area contributed by atoms with Crippen molar-refractivity contribution in [2.45, 2.75) is 25.7 Å². The van der Waals surface area contributed by atoms with Crippen LogP contribution in [-0.2, 0) is 4.84 Å². The first-order valence-electron chi connectivity index (χ1n) is 5.49. The number of hydrogen-bond donors (Lipinski definition) is 0. The van der Waals surface area contributed by atoms with Gasteiger partial charge in [0.2, 0.25) is 0 Å². The van der Waals surface area contributed by atoms with Crippen LogP contribution in [0.25, 0.3) is 0 Å². The maximum atomic E-state index is 5.34. The number of rotatable bonds is 3. The van der Waals surface area contributed by atoms with Crippen LogP contribution in [0.2, 0.25) is 0 Å². The van der Waals surface area contributed by atoms with Crippen molar-refractivity contribution >= 4 is 22.1 Å². The molecule has 0 aliphatic heterocycles. The summed E-state index contributed by atoms with van der Waals surface area (Å²) in [5.74, 6) is 1.000. The second-order valence-corrected chi connectivity index (χ2v) is 4.71. The van der Waals surface area contributed by atoms with Gasteiger partial charge in [-0.1, -0.05) is 33.2 Å². The van der Waals surface area contributed by atoms with Gasteiger partial charge in [-0.2, -0.15) is 0 Å². The predicted molar refractivity (Wildman–Crippen MR) is 69.4 cm³/mol. The summed E-state index contributed by atoms with van der Waals surface area (Å²) in [6.45, 7) is 0. The molecule has 1 aliphatic carbocycles. The highest BCUT2D eigenvalue weighted by atomic mass is 79.9. The van der Waals surface area contributed by atoms with Gasteiger partial charge in [0, 0.05) is 10.9 Å². The van der Waals surface area contributed by atoms with E-state index in [1.165, 1.54) is 12.8 Å². The van der Waals surface area contributed by atoms with Gasteiger partial charge in [0.25, 0.3) is 0 Å². The Balaban J connectivity index is 1.89. The Morgan fingerprint density at radius 2 is 2.00 bits per heavy atom. The van der Waals surface area contributed by atoms with Crippen LogP contribution in [0.15, 0.2) is 45.7 Å². The van der Waals surface area contributed by atoms with Crippen LogP contribution >= 0.6 is 15.9 Å². The molecule has 0 atom stereocenters. The van der Waals surface area contributed by atoms with Gasteiger partial charge in [0.05, 0.1) is 6.21 Å². The van der Waals surface area contributed by atoms with E-state index < -0.39 is 0 Å². The normalized spacial score (nSPS) is 16.2. The van der Waals surface area contributed by atoms with E-state index in [4.69, 9.17) is 4.84 Å². The molecular formula is C13H14BrNO. The molecule has 0 amide bonds. The van der Waals surface area contributed by atoms with Crippen LogP contribution in [-0.4, -0.2) is 6.21 Å². The highest BCUT2D eigenvalue weighted by Crippen LogP contribution is 2.18. The zero-order valence-corrected chi connectivity index (χ0v) is 10.6. The SMILES string of the molecule is Brc1ccc(C=NOC2=CCCCC2)cc1. The summed E-state index contributed by atoms with van der Waals surface area (Å²) in [4.78, 5) is 5.34. The van der Waals surface area contributed by atoms with E-state index in [2.05, 4.69) is 27.2 Å². The van der Waals surface area contributed by atoms with Gasteiger partial charge in [0.1, 0.15) is 5.76 Å². The number of oxime groups is 1. The highest BCUT2D eigenvalue weighted by molar-refractivity contribution is 9.10. The zero-order chi connectivity index (χ0) is 11.2. The third kappa shape index (κ3) is 3.49. The molecule has 0 N–H and O–H groups in total. The van der Waals surface area contributed by atoms with Gasteiger partial charge < -0.3 is 4.84 Å². The molecule has 0 unspecified atom stereocenters. The monoisotopic (exact) mass is 279 g/mol. The van der Waals surface area contributed by atoms with E-state index in [1.54, 1.807) is 6.21 Å². The van der Waals surface area contributed by atoms with E-state index in [0.717, 1.165) is 28.6 Å². The van der Waals surface area contributed by atoms with Crippen molar-refractivity contribution in [3.8, 4) is 0 Å². The van der Waals surface area contributed by atoms with E-state index >= 15 is 0 Å². The first-order chi connectivity index (χ1) is 7.84.